The highest BCUT2D eigenvalue weighted by Crippen LogP contribution is 2.68. The average Bonchev–Trinajstić information content (AvgIpc) is 0.724. The van der Waals surface area contributed by atoms with Gasteiger partial charge in [-0.05, 0) is 76.0 Å². The molecule has 0 amide bonds. The molecule has 0 aromatic rings. The molecule has 0 heterocycles. The van der Waals surface area contributed by atoms with E-state index < -0.39 is 339 Å². The van der Waals surface area contributed by atoms with Gasteiger partial charge in [0.2, 0.25) is 0 Å². The van der Waals surface area contributed by atoms with Crippen LogP contribution in [0.4, 0.5) is 211 Å². The minimum Gasteiger partial charge on any atom is -0.200 e. The van der Waals surface area contributed by atoms with E-state index in [2.05, 4.69) is 13.2 Å². The molecule has 0 aliphatic rings. The van der Waals surface area contributed by atoms with Gasteiger partial charge in [-0.2, -0.15) is 211 Å². The number of rotatable bonds is 61. The van der Waals surface area contributed by atoms with Crippen LogP contribution in [0.1, 0.15) is 193 Å². The van der Waals surface area contributed by atoms with E-state index in [-0.39, 0.29) is 38.5 Å². The van der Waals surface area contributed by atoms with Crippen LogP contribution < -0.4 is 0 Å². The molecule has 0 N–H and O–H groups in total. The molecule has 0 aliphatic carbocycles. The summed E-state index contributed by atoms with van der Waals surface area (Å²) in [6, 6.07) is 0. The first-order valence-electron chi connectivity index (χ1n) is 34.3. The predicted octanol–water partition coefficient (Wildman–Crippen LogP) is 33.5. The van der Waals surface area contributed by atoms with Crippen molar-refractivity contribution in [2.24, 2.45) is 11.8 Å². The first kappa shape index (κ1) is 118. The molecule has 0 nitrogen and oxygen atoms in total. The molecule has 54 heteroatoms. The Labute approximate surface area is 724 Å². The maximum atomic E-state index is 16.4. The van der Waals surface area contributed by atoms with Crippen molar-refractivity contribution >= 4 is 136 Å². The fraction of sp³-hybridized carbons (Fsp3) is 0.938. The SMILES string of the molecule is C=CCCCCCCC(I)CC(F)(F)C(F)(F)C(F)(F)C(F)(F)C(F)(F)C(F)(F)CC(CCCCCCC(I)CC(F)(F)C(F)(F)C(F)(F)C(F)(F)C(F)(F)C(F)(F)I)C(CCCCCCC(I)CC(F)(F)C(F)(F)C(F)(F)C(F)(F)C(F)(F)C(F)(F)I)CC(F)(F)C(F)(F)C(F)(F)C(F)(F)C(F)(F)C(F)(F)CC(I)CCCCCCC=C. The van der Waals surface area contributed by atoms with Crippen molar-refractivity contribution in [3.63, 3.8) is 0 Å². The van der Waals surface area contributed by atoms with Gasteiger partial charge >= 0.3 is 138 Å². The topological polar surface area (TPSA) is 0 Å². The molecule has 0 rings (SSSR count). The lowest BCUT2D eigenvalue weighted by Gasteiger charge is -2.44. The predicted molar refractivity (Wildman–Crippen MR) is 384 cm³/mol. The minimum atomic E-state index is -8.69. The van der Waals surface area contributed by atoms with Gasteiger partial charge in [0.05, 0.1) is 0 Å². The molecule has 0 fully saturated rings. The van der Waals surface area contributed by atoms with E-state index in [1.54, 1.807) is 0 Å². The Morgan fingerprint density at radius 2 is 0.314 bits per heavy atom. The van der Waals surface area contributed by atoms with E-state index in [1.165, 1.54) is 12.2 Å². The third-order valence-corrected chi connectivity index (χ3v) is 24.5. The molecule has 0 aromatic heterocycles. The quantitative estimate of drug-likeness (QED) is 0.0187. The van der Waals surface area contributed by atoms with E-state index >= 15 is 105 Å². The van der Waals surface area contributed by atoms with Crippen LogP contribution in [-0.2, 0) is 0 Å². The summed E-state index contributed by atoms with van der Waals surface area (Å²) in [5.41, 5.74) is 0. The first-order valence-corrected chi connectivity index (χ1v) is 41.4. The van der Waals surface area contributed by atoms with Crippen LogP contribution in [0, 0.1) is 11.8 Å². The van der Waals surface area contributed by atoms with Gasteiger partial charge in [-0.15, -0.1) is 13.2 Å². The van der Waals surface area contributed by atoms with Gasteiger partial charge in [-0.1, -0.05) is 192 Å². The molecular formula is C64H72F48I6. The molecule has 0 aliphatic heterocycles. The van der Waals surface area contributed by atoms with Crippen molar-refractivity contribution in [2.75, 3.05) is 0 Å². The van der Waals surface area contributed by atoms with Crippen molar-refractivity contribution < 1.29 is 211 Å². The fourth-order valence-corrected chi connectivity index (χ4v) is 16.2. The Hall–Kier alpha value is 0.500. The van der Waals surface area contributed by atoms with Crippen LogP contribution in [0.3, 0.4) is 0 Å². The highest BCUT2D eigenvalue weighted by molar-refractivity contribution is 14.1. The average molecular weight is 2510 g/mol. The van der Waals surface area contributed by atoms with Crippen LogP contribution in [0.5, 0.6) is 0 Å². The van der Waals surface area contributed by atoms with Gasteiger partial charge in [0, 0.05) is 99.4 Å². The second kappa shape index (κ2) is 42.2. The minimum absolute atomic E-state index is 0.0518. The van der Waals surface area contributed by atoms with Crippen molar-refractivity contribution in [1.29, 1.82) is 0 Å². The molecule has 0 saturated heterocycles. The molecule has 0 aromatic carbocycles. The molecule has 0 spiro atoms. The molecule has 6 unspecified atom stereocenters. The number of halogens is 54. The zero-order valence-corrected chi connectivity index (χ0v) is 72.6. The van der Waals surface area contributed by atoms with Crippen LogP contribution in [0.25, 0.3) is 0 Å². The Kier molecular flexibility index (Phi) is 42.3. The third-order valence-electron chi connectivity index (χ3n) is 18.9. The monoisotopic (exact) mass is 2510 g/mol. The standard InChI is InChI=1S/C64H72F48I6/c1-3-5-7-9-11-19-25-37(113)31-43(69,70)49(81,82)55(93,94)53(89,90)47(77,78)41(65,66)29-35(23-17-13-15-21-27-39(115)33-45(73,74)51(85,86)57(97,98)59(101,102)61(105,106)63(109,110)117)36(24-18-14-16-22-28-40(116)34-46(75,76)52(87,88)58(99,100)60(103,104)62(107,108)64(111,112)118)30-42(67,68)48(79,80)54(91,92)56(95,96)50(83,84)44(71,72)32-38(114)26-20-12-10-8-6-4-2/h3-4,35-40H,1-2,5-34H2. The van der Waals surface area contributed by atoms with E-state index in [1.807, 2.05) is 0 Å². The summed E-state index contributed by atoms with van der Waals surface area (Å²) in [7, 11) is 0. The van der Waals surface area contributed by atoms with Crippen LogP contribution in [0.2, 0.25) is 0 Å². The summed E-state index contributed by atoms with van der Waals surface area (Å²) in [4.78, 5) is 0. The molecule has 118 heavy (non-hydrogen) atoms. The summed E-state index contributed by atoms with van der Waals surface area (Å²) in [6.07, 6.45) is -32.4. The van der Waals surface area contributed by atoms with E-state index in [0.717, 1.165) is 45.2 Å². The van der Waals surface area contributed by atoms with Crippen molar-refractivity contribution in [3.8, 4) is 0 Å². The number of hydrogen-bond acceptors (Lipinski definition) is 0. The zero-order chi connectivity index (χ0) is 94.1. The molecule has 0 saturated carbocycles. The summed E-state index contributed by atoms with van der Waals surface area (Å²) in [5.74, 6) is -180. The summed E-state index contributed by atoms with van der Waals surface area (Å²) < 4.78 is 694. The largest absolute Gasteiger partial charge is 0.387 e. The van der Waals surface area contributed by atoms with Gasteiger partial charge in [-0.3, -0.25) is 0 Å². The first-order chi connectivity index (χ1) is 52.1. The third kappa shape index (κ3) is 25.2. The zero-order valence-electron chi connectivity index (χ0n) is 59.7. The van der Waals surface area contributed by atoms with Gasteiger partial charge in [0.15, 0.2) is 0 Å². The van der Waals surface area contributed by atoms with Gasteiger partial charge < -0.3 is 0 Å². The number of hydrogen-bond donors (Lipinski definition) is 0. The summed E-state index contributed by atoms with van der Waals surface area (Å²) >= 11 is 0.916. The summed E-state index contributed by atoms with van der Waals surface area (Å²) in [5, 5.41) is 0. The lowest BCUT2D eigenvalue weighted by Crippen LogP contribution is -2.71. The normalized spacial score (nSPS) is 17.1. The second-order valence-corrected chi connectivity index (χ2v) is 37.8. The van der Waals surface area contributed by atoms with Crippen LogP contribution in [0.15, 0.2) is 25.3 Å². The highest BCUT2D eigenvalue weighted by Gasteiger charge is 2.94. The van der Waals surface area contributed by atoms with Gasteiger partial charge in [-0.25, -0.2) is 0 Å². The highest BCUT2D eigenvalue weighted by atomic mass is 127. The number of allylic oxidation sites excluding steroid dienone is 2. The Morgan fingerprint density at radius 3 is 0.466 bits per heavy atom. The molecular weight excluding hydrogens is 2440 g/mol. The summed E-state index contributed by atoms with van der Waals surface area (Å²) in [6.45, 7) is 6.75. The van der Waals surface area contributed by atoms with E-state index in [9.17, 15) is 105 Å². The molecule has 6 atom stereocenters. The molecule has 0 radical (unpaired) electrons. The Morgan fingerprint density at radius 1 is 0.178 bits per heavy atom. The number of alkyl halides is 54. The van der Waals surface area contributed by atoms with Crippen LogP contribution >= 0.6 is 136 Å². The Bertz CT molecular complexity index is 2860. The fourth-order valence-electron chi connectivity index (χ4n) is 11.5. The maximum absolute atomic E-state index is 16.4. The Balaban J connectivity index is 8.46. The lowest BCUT2D eigenvalue weighted by atomic mass is 9.74. The van der Waals surface area contributed by atoms with Crippen LogP contribution in [-0.4, -0.2) is 154 Å². The van der Waals surface area contributed by atoms with Crippen molar-refractivity contribution in [3.05, 3.63) is 25.3 Å². The molecule has 706 valence electrons. The smallest absolute Gasteiger partial charge is 0.200 e. The van der Waals surface area contributed by atoms with E-state index in [4.69, 9.17) is 0 Å². The van der Waals surface area contributed by atoms with Gasteiger partial charge in [0.1, 0.15) is 0 Å². The second-order valence-electron chi connectivity index (χ2n) is 28.1. The van der Waals surface area contributed by atoms with Crippen molar-refractivity contribution in [2.45, 2.75) is 346 Å². The maximum Gasteiger partial charge on any atom is 0.387 e. The van der Waals surface area contributed by atoms with E-state index in [0.29, 0.717) is 70.9 Å². The van der Waals surface area contributed by atoms with Crippen molar-refractivity contribution in [1.82, 2.24) is 0 Å². The lowest BCUT2D eigenvalue weighted by molar-refractivity contribution is -0.428. The van der Waals surface area contributed by atoms with Gasteiger partial charge in [0.25, 0.3) is 0 Å². The molecule has 0 bridgehead atoms. The number of unbranched alkanes of at least 4 members (excludes halogenated alkanes) is 14.